The van der Waals surface area contributed by atoms with Crippen molar-refractivity contribution in [2.75, 3.05) is 5.32 Å². The molecule has 1 aromatic heterocycles. The Labute approximate surface area is 166 Å². The molecule has 28 heavy (non-hydrogen) atoms. The van der Waals surface area contributed by atoms with E-state index < -0.39 is 11.1 Å². The Morgan fingerprint density at radius 1 is 1.25 bits per heavy atom. The van der Waals surface area contributed by atoms with E-state index in [1.165, 1.54) is 44.6 Å². The zero-order valence-electron chi connectivity index (χ0n) is 15.6. The number of anilines is 2. The van der Waals surface area contributed by atoms with E-state index in [1.807, 2.05) is 18.3 Å². The maximum absolute atomic E-state index is 12.0. The van der Waals surface area contributed by atoms with Crippen molar-refractivity contribution in [3.05, 3.63) is 54.6 Å². The number of aromatic nitrogens is 1. The van der Waals surface area contributed by atoms with Gasteiger partial charge in [0.2, 0.25) is 0 Å². The molecule has 0 amide bonds. The molecule has 0 radical (unpaired) electrons. The van der Waals surface area contributed by atoms with E-state index in [1.54, 1.807) is 6.07 Å². The van der Waals surface area contributed by atoms with Crippen molar-refractivity contribution in [1.29, 1.82) is 0 Å². The van der Waals surface area contributed by atoms with E-state index in [0.717, 1.165) is 16.9 Å². The lowest BCUT2D eigenvalue weighted by atomic mass is 9.81. The van der Waals surface area contributed by atoms with Crippen LogP contribution in [0.15, 0.2) is 63.3 Å². The summed E-state index contributed by atoms with van der Waals surface area (Å²) in [5.74, 6) is 0.498. The molecule has 2 N–H and O–H groups in total. The minimum Gasteiger partial charge on any atom is -0.432 e. The third-order valence-corrected chi connectivity index (χ3v) is 6.03. The van der Waals surface area contributed by atoms with Crippen LogP contribution < -0.4 is 5.32 Å². The molecule has 2 aromatic rings. The molecule has 1 aromatic carbocycles. The summed E-state index contributed by atoms with van der Waals surface area (Å²) in [7, 11) is 0. The van der Waals surface area contributed by atoms with E-state index >= 15 is 0 Å². The smallest absolute Gasteiger partial charge is 0.299 e. The van der Waals surface area contributed by atoms with Crippen LogP contribution in [0.2, 0.25) is 0 Å². The quantitative estimate of drug-likeness (QED) is 0.667. The second kappa shape index (κ2) is 8.24. The first-order valence-electron chi connectivity index (χ1n) is 9.48. The Morgan fingerprint density at radius 2 is 2.07 bits per heavy atom. The summed E-state index contributed by atoms with van der Waals surface area (Å²) >= 11 is -2.14. The summed E-state index contributed by atoms with van der Waals surface area (Å²) in [6.45, 7) is 4.25. The second-order valence-electron chi connectivity index (χ2n) is 7.21. The highest BCUT2D eigenvalue weighted by Gasteiger charge is 2.25. The molecule has 2 heterocycles. The second-order valence-corrected chi connectivity index (χ2v) is 8.14. The van der Waals surface area contributed by atoms with Crippen LogP contribution in [-0.2, 0) is 11.1 Å². The van der Waals surface area contributed by atoms with Gasteiger partial charge in [0.15, 0.2) is 11.1 Å². The van der Waals surface area contributed by atoms with Gasteiger partial charge < -0.3 is 14.3 Å². The molecule has 0 bridgehead atoms. The fourth-order valence-corrected chi connectivity index (χ4v) is 4.57. The maximum atomic E-state index is 12.0. The van der Waals surface area contributed by atoms with E-state index in [4.69, 9.17) is 9.41 Å². The maximum Gasteiger partial charge on any atom is 0.299 e. The fourth-order valence-electron chi connectivity index (χ4n) is 3.96. The molecule has 1 saturated carbocycles. The van der Waals surface area contributed by atoms with Gasteiger partial charge in [-0.05, 0) is 41.7 Å². The monoisotopic (exact) mass is 397 g/mol. The van der Waals surface area contributed by atoms with E-state index in [-0.39, 0.29) is 0 Å². The SMILES string of the molecule is C=C1CC(c2ccc(Nc3ncco3)cc2S(=O)O)=CN=C1C1CCCCC1. The van der Waals surface area contributed by atoms with E-state index in [0.29, 0.717) is 34.5 Å². The summed E-state index contributed by atoms with van der Waals surface area (Å²) in [4.78, 5) is 9.04. The zero-order chi connectivity index (χ0) is 19.5. The van der Waals surface area contributed by atoms with Crippen LogP contribution in [0.25, 0.3) is 5.57 Å². The highest BCUT2D eigenvalue weighted by atomic mass is 32.2. The Morgan fingerprint density at radius 3 is 2.75 bits per heavy atom. The fraction of sp³-hybridized carbons (Fsp3) is 0.333. The van der Waals surface area contributed by atoms with Gasteiger partial charge in [0.1, 0.15) is 6.26 Å². The highest BCUT2D eigenvalue weighted by molar-refractivity contribution is 7.79. The molecule has 1 aliphatic carbocycles. The van der Waals surface area contributed by atoms with Crippen molar-refractivity contribution in [2.24, 2.45) is 10.9 Å². The number of oxazole rings is 1. The van der Waals surface area contributed by atoms with Gasteiger partial charge in [-0.3, -0.25) is 4.99 Å². The first kappa shape index (κ1) is 18.8. The summed E-state index contributed by atoms with van der Waals surface area (Å²) in [6.07, 6.45) is 11.6. The predicted molar refractivity (Wildman–Crippen MR) is 111 cm³/mol. The lowest BCUT2D eigenvalue weighted by Crippen LogP contribution is -2.21. The van der Waals surface area contributed by atoms with Crippen LogP contribution in [0.5, 0.6) is 0 Å². The molecule has 146 valence electrons. The number of allylic oxidation sites excluding steroid dienone is 2. The summed E-state index contributed by atoms with van der Waals surface area (Å²) in [5, 5.41) is 2.98. The van der Waals surface area contributed by atoms with Gasteiger partial charge in [0, 0.05) is 29.9 Å². The number of hydrogen-bond donors (Lipinski definition) is 2. The van der Waals surface area contributed by atoms with Crippen LogP contribution in [0.4, 0.5) is 11.7 Å². The van der Waals surface area contributed by atoms with Crippen molar-refractivity contribution < 1.29 is 13.2 Å². The normalized spacial score (nSPS) is 19.1. The van der Waals surface area contributed by atoms with Crippen molar-refractivity contribution in [3.8, 4) is 0 Å². The first-order chi connectivity index (χ1) is 13.6. The number of hydrogen-bond acceptors (Lipinski definition) is 5. The molecule has 2 aliphatic rings. The van der Waals surface area contributed by atoms with Gasteiger partial charge in [-0.25, -0.2) is 9.19 Å². The molecule has 7 heteroatoms. The van der Waals surface area contributed by atoms with Gasteiger partial charge >= 0.3 is 0 Å². The molecule has 0 saturated heterocycles. The van der Waals surface area contributed by atoms with Gasteiger partial charge in [0.25, 0.3) is 6.01 Å². The van der Waals surface area contributed by atoms with Crippen LogP contribution >= 0.6 is 0 Å². The third kappa shape index (κ3) is 4.00. The average Bonchev–Trinajstić information content (AvgIpc) is 3.21. The Hall–Kier alpha value is -2.51. The summed E-state index contributed by atoms with van der Waals surface area (Å²) in [6, 6.07) is 5.63. The molecule has 1 unspecified atom stereocenters. The minimum atomic E-state index is -2.14. The van der Waals surface area contributed by atoms with Crippen LogP contribution in [0.3, 0.4) is 0 Å². The number of benzene rings is 1. The van der Waals surface area contributed by atoms with Crippen molar-refractivity contribution in [3.63, 3.8) is 0 Å². The lowest BCUT2D eigenvalue weighted by molar-refractivity contribution is 0.439. The van der Waals surface area contributed by atoms with Crippen molar-refractivity contribution >= 4 is 34.1 Å². The first-order valence-corrected chi connectivity index (χ1v) is 10.6. The third-order valence-electron chi connectivity index (χ3n) is 5.32. The van der Waals surface area contributed by atoms with Gasteiger partial charge in [-0.2, -0.15) is 0 Å². The Kier molecular flexibility index (Phi) is 5.54. The number of nitrogens with one attached hydrogen (secondary N) is 1. The van der Waals surface area contributed by atoms with E-state index in [9.17, 15) is 8.76 Å². The van der Waals surface area contributed by atoms with Crippen molar-refractivity contribution in [2.45, 2.75) is 43.4 Å². The summed E-state index contributed by atoms with van der Waals surface area (Å²) < 4.78 is 27.0. The Balaban J connectivity index is 1.62. The minimum absolute atomic E-state index is 0.326. The van der Waals surface area contributed by atoms with Gasteiger partial charge in [-0.15, -0.1) is 0 Å². The molecule has 0 spiro atoms. The molecule has 1 fully saturated rings. The standard InChI is InChI=1S/C21H23N3O3S/c1-14-11-16(13-23-20(14)15-5-3-2-4-6-15)18-8-7-17(12-19(18)28(25)26)24-21-22-9-10-27-21/h7-10,12-13,15H,1-6,11H2,(H,22,24)(H,25,26). The molecular formula is C21H23N3O3S. The van der Waals surface area contributed by atoms with Gasteiger partial charge in [-0.1, -0.05) is 31.9 Å². The topological polar surface area (TPSA) is 87.7 Å². The number of aliphatic imine (C=N–C) groups is 1. The number of nitrogens with zero attached hydrogens (tertiary/aromatic N) is 2. The molecule has 1 atom stereocenters. The zero-order valence-corrected chi connectivity index (χ0v) is 16.4. The molecule has 1 aliphatic heterocycles. The van der Waals surface area contributed by atoms with Gasteiger partial charge in [0.05, 0.1) is 11.1 Å². The van der Waals surface area contributed by atoms with E-state index in [2.05, 4.69) is 16.9 Å². The molecule has 4 rings (SSSR count). The van der Waals surface area contributed by atoms with Crippen molar-refractivity contribution in [1.82, 2.24) is 4.98 Å². The number of rotatable bonds is 5. The Bertz CT molecular complexity index is 957. The van der Waals surface area contributed by atoms with Crippen LogP contribution in [0.1, 0.15) is 44.1 Å². The molecular weight excluding hydrogens is 374 g/mol. The summed E-state index contributed by atoms with van der Waals surface area (Å²) in [5.41, 5.74) is 4.37. The van der Waals surface area contributed by atoms with Crippen LogP contribution in [0, 0.1) is 5.92 Å². The largest absolute Gasteiger partial charge is 0.432 e. The molecule has 6 nitrogen and oxygen atoms in total. The predicted octanol–water partition coefficient (Wildman–Crippen LogP) is 5.32. The lowest BCUT2D eigenvalue weighted by Gasteiger charge is -2.27. The van der Waals surface area contributed by atoms with Crippen LogP contribution in [-0.4, -0.2) is 19.5 Å². The highest BCUT2D eigenvalue weighted by Crippen LogP contribution is 2.36. The average molecular weight is 398 g/mol.